The molecule has 0 heterocycles. The SMILES string of the molecule is O=C(NCCCO)c1ccc(Cl)cc1. The minimum Gasteiger partial charge on any atom is -0.396 e. The minimum atomic E-state index is -0.143. The maximum atomic E-state index is 11.4. The number of nitrogens with one attached hydrogen (secondary N) is 1. The number of aliphatic hydroxyl groups excluding tert-OH is 1. The monoisotopic (exact) mass is 213 g/mol. The van der Waals surface area contributed by atoms with Crippen LogP contribution in [0.15, 0.2) is 24.3 Å². The van der Waals surface area contributed by atoms with Gasteiger partial charge in [0.15, 0.2) is 0 Å². The average Bonchev–Trinajstić information content (AvgIpc) is 2.19. The van der Waals surface area contributed by atoms with Gasteiger partial charge in [0, 0.05) is 23.7 Å². The first-order valence-electron chi connectivity index (χ1n) is 4.38. The Hall–Kier alpha value is -1.06. The highest BCUT2D eigenvalue weighted by molar-refractivity contribution is 6.30. The van der Waals surface area contributed by atoms with Crippen LogP contribution in [0.2, 0.25) is 5.02 Å². The lowest BCUT2D eigenvalue weighted by molar-refractivity contribution is 0.0951. The van der Waals surface area contributed by atoms with E-state index in [0.717, 1.165) is 0 Å². The average molecular weight is 214 g/mol. The lowest BCUT2D eigenvalue weighted by atomic mass is 10.2. The summed E-state index contributed by atoms with van der Waals surface area (Å²) in [6, 6.07) is 6.66. The van der Waals surface area contributed by atoms with Crippen LogP contribution in [-0.2, 0) is 0 Å². The molecule has 0 aliphatic carbocycles. The molecular weight excluding hydrogens is 202 g/mol. The molecule has 0 spiro atoms. The molecule has 0 saturated carbocycles. The first-order valence-corrected chi connectivity index (χ1v) is 4.76. The predicted octanol–water partition coefficient (Wildman–Crippen LogP) is 1.45. The van der Waals surface area contributed by atoms with Crippen molar-refractivity contribution in [2.75, 3.05) is 13.2 Å². The molecule has 76 valence electrons. The van der Waals surface area contributed by atoms with E-state index in [2.05, 4.69) is 5.32 Å². The molecule has 3 nitrogen and oxygen atoms in total. The van der Waals surface area contributed by atoms with Crippen molar-refractivity contribution >= 4 is 17.5 Å². The fraction of sp³-hybridized carbons (Fsp3) is 0.300. The van der Waals surface area contributed by atoms with Crippen molar-refractivity contribution < 1.29 is 9.90 Å². The molecule has 0 saturated heterocycles. The highest BCUT2D eigenvalue weighted by Gasteiger charge is 2.03. The zero-order chi connectivity index (χ0) is 10.4. The lowest BCUT2D eigenvalue weighted by Gasteiger charge is -2.03. The van der Waals surface area contributed by atoms with Crippen molar-refractivity contribution in [2.45, 2.75) is 6.42 Å². The molecule has 1 aromatic rings. The van der Waals surface area contributed by atoms with Gasteiger partial charge in [-0.05, 0) is 30.7 Å². The van der Waals surface area contributed by atoms with Crippen molar-refractivity contribution in [1.29, 1.82) is 0 Å². The zero-order valence-electron chi connectivity index (χ0n) is 7.66. The number of hydrogen-bond donors (Lipinski definition) is 2. The molecule has 0 radical (unpaired) electrons. The van der Waals surface area contributed by atoms with Gasteiger partial charge in [-0.1, -0.05) is 11.6 Å². The maximum absolute atomic E-state index is 11.4. The van der Waals surface area contributed by atoms with Crippen LogP contribution in [-0.4, -0.2) is 24.2 Å². The Balaban J connectivity index is 2.48. The third-order valence-corrected chi connectivity index (χ3v) is 1.98. The number of rotatable bonds is 4. The molecule has 0 unspecified atom stereocenters. The smallest absolute Gasteiger partial charge is 0.251 e. The summed E-state index contributed by atoms with van der Waals surface area (Å²) < 4.78 is 0. The molecule has 0 aliphatic rings. The molecule has 1 aromatic carbocycles. The molecule has 0 aliphatic heterocycles. The number of halogens is 1. The van der Waals surface area contributed by atoms with Crippen LogP contribution in [0.3, 0.4) is 0 Å². The molecule has 0 atom stereocenters. The van der Waals surface area contributed by atoms with Gasteiger partial charge in [0.25, 0.3) is 5.91 Å². The Labute approximate surface area is 87.7 Å². The quantitative estimate of drug-likeness (QED) is 0.744. The number of carbonyl (C=O) groups excluding carboxylic acids is 1. The fourth-order valence-electron chi connectivity index (χ4n) is 0.984. The predicted molar refractivity (Wildman–Crippen MR) is 55.5 cm³/mol. The van der Waals surface area contributed by atoms with Gasteiger partial charge in [-0.2, -0.15) is 0 Å². The summed E-state index contributed by atoms with van der Waals surface area (Å²) in [6.45, 7) is 0.568. The molecule has 0 bridgehead atoms. The van der Waals surface area contributed by atoms with E-state index in [-0.39, 0.29) is 12.5 Å². The van der Waals surface area contributed by atoms with E-state index in [9.17, 15) is 4.79 Å². The van der Waals surface area contributed by atoms with E-state index in [4.69, 9.17) is 16.7 Å². The lowest BCUT2D eigenvalue weighted by Crippen LogP contribution is -2.24. The molecule has 2 N–H and O–H groups in total. The second-order valence-corrected chi connectivity index (χ2v) is 3.28. The minimum absolute atomic E-state index is 0.0842. The summed E-state index contributed by atoms with van der Waals surface area (Å²) in [7, 11) is 0. The molecule has 1 amide bonds. The molecule has 1 rings (SSSR count). The molecule has 0 aromatic heterocycles. The summed E-state index contributed by atoms with van der Waals surface area (Å²) in [5.74, 6) is -0.143. The van der Waals surface area contributed by atoms with Crippen LogP contribution in [0.1, 0.15) is 16.8 Å². The maximum Gasteiger partial charge on any atom is 0.251 e. The second-order valence-electron chi connectivity index (χ2n) is 2.84. The van der Waals surface area contributed by atoms with Crippen molar-refractivity contribution in [3.63, 3.8) is 0 Å². The van der Waals surface area contributed by atoms with Gasteiger partial charge in [-0.25, -0.2) is 0 Å². The number of carbonyl (C=O) groups is 1. The summed E-state index contributed by atoms with van der Waals surface area (Å²) in [6.07, 6.45) is 0.569. The van der Waals surface area contributed by atoms with Crippen LogP contribution in [0, 0.1) is 0 Å². The van der Waals surface area contributed by atoms with Crippen molar-refractivity contribution in [1.82, 2.24) is 5.32 Å². The largest absolute Gasteiger partial charge is 0.396 e. The highest BCUT2D eigenvalue weighted by Crippen LogP contribution is 2.09. The van der Waals surface area contributed by atoms with Gasteiger partial charge in [0.1, 0.15) is 0 Å². The summed E-state index contributed by atoms with van der Waals surface area (Å²) in [4.78, 5) is 11.4. The van der Waals surface area contributed by atoms with Crippen LogP contribution in [0.4, 0.5) is 0 Å². The number of benzene rings is 1. The van der Waals surface area contributed by atoms with Gasteiger partial charge < -0.3 is 10.4 Å². The first kappa shape index (κ1) is 11.0. The zero-order valence-corrected chi connectivity index (χ0v) is 8.42. The highest BCUT2D eigenvalue weighted by atomic mass is 35.5. The standard InChI is InChI=1S/C10H12ClNO2/c11-9-4-2-8(3-5-9)10(14)12-6-1-7-13/h2-5,13H,1,6-7H2,(H,12,14). The molecule has 4 heteroatoms. The van der Waals surface area contributed by atoms with Gasteiger partial charge in [-0.3, -0.25) is 4.79 Å². The third-order valence-electron chi connectivity index (χ3n) is 1.73. The summed E-state index contributed by atoms with van der Waals surface area (Å²) in [5.41, 5.74) is 0.576. The van der Waals surface area contributed by atoms with Gasteiger partial charge in [0.05, 0.1) is 0 Å². The normalized spacial score (nSPS) is 9.86. The number of aliphatic hydroxyl groups is 1. The number of amides is 1. The number of hydrogen-bond acceptors (Lipinski definition) is 2. The second kappa shape index (κ2) is 5.62. The van der Waals surface area contributed by atoms with E-state index >= 15 is 0 Å². The van der Waals surface area contributed by atoms with Crippen molar-refractivity contribution in [2.24, 2.45) is 0 Å². The van der Waals surface area contributed by atoms with Crippen LogP contribution in [0.5, 0.6) is 0 Å². The van der Waals surface area contributed by atoms with Crippen molar-refractivity contribution in [3.05, 3.63) is 34.9 Å². The molecular formula is C10H12ClNO2. The van der Waals surface area contributed by atoms with Crippen LogP contribution < -0.4 is 5.32 Å². The van der Waals surface area contributed by atoms with E-state index < -0.39 is 0 Å². The Kier molecular flexibility index (Phi) is 4.43. The summed E-state index contributed by atoms with van der Waals surface area (Å²) in [5, 5.41) is 11.8. The van der Waals surface area contributed by atoms with Crippen LogP contribution in [0.25, 0.3) is 0 Å². The van der Waals surface area contributed by atoms with Crippen LogP contribution >= 0.6 is 11.6 Å². The Morgan fingerprint density at radius 3 is 2.57 bits per heavy atom. The Morgan fingerprint density at radius 1 is 1.36 bits per heavy atom. The first-order chi connectivity index (χ1) is 6.74. The Morgan fingerprint density at radius 2 is 2.00 bits per heavy atom. The fourth-order valence-corrected chi connectivity index (χ4v) is 1.11. The van der Waals surface area contributed by atoms with E-state index in [0.29, 0.717) is 23.6 Å². The summed E-state index contributed by atoms with van der Waals surface area (Å²) >= 11 is 5.68. The van der Waals surface area contributed by atoms with Crippen molar-refractivity contribution in [3.8, 4) is 0 Å². The van der Waals surface area contributed by atoms with E-state index in [1.54, 1.807) is 24.3 Å². The topological polar surface area (TPSA) is 49.3 Å². The Bertz CT molecular complexity index is 297. The van der Waals surface area contributed by atoms with E-state index in [1.807, 2.05) is 0 Å². The van der Waals surface area contributed by atoms with Gasteiger partial charge in [0.2, 0.25) is 0 Å². The van der Waals surface area contributed by atoms with Gasteiger partial charge in [-0.15, -0.1) is 0 Å². The van der Waals surface area contributed by atoms with Gasteiger partial charge >= 0.3 is 0 Å². The van der Waals surface area contributed by atoms with E-state index in [1.165, 1.54) is 0 Å². The third kappa shape index (κ3) is 3.36. The molecule has 14 heavy (non-hydrogen) atoms. The molecule has 0 fully saturated rings.